The van der Waals surface area contributed by atoms with Gasteiger partial charge in [0.15, 0.2) is 0 Å². The van der Waals surface area contributed by atoms with Crippen LogP contribution in [0.2, 0.25) is 5.02 Å². The molecule has 2 aromatic carbocycles. The molecule has 1 atom stereocenters. The molecule has 168 valence electrons. The Hall–Kier alpha value is -2.28. The number of carbonyl (C=O) groups excluding carboxylic acids is 1. The normalized spacial score (nSPS) is 16.9. The van der Waals surface area contributed by atoms with Gasteiger partial charge in [0.25, 0.3) is 0 Å². The average Bonchev–Trinajstić information content (AvgIpc) is 2.74. The highest BCUT2D eigenvalue weighted by Gasteiger charge is 2.60. The average molecular weight is 457 g/mol. The number of amides is 1. The van der Waals surface area contributed by atoms with Crippen LogP contribution in [0.25, 0.3) is 0 Å². The van der Waals surface area contributed by atoms with Gasteiger partial charge in [-0.05, 0) is 55.2 Å². The summed E-state index contributed by atoms with van der Waals surface area (Å²) in [7, 11) is 0. The third-order valence-electron chi connectivity index (χ3n) is 6.05. The van der Waals surface area contributed by atoms with E-state index in [0.29, 0.717) is 18.1 Å². The summed E-state index contributed by atoms with van der Waals surface area (Å²) in [6, 6.07) is 10.3. The molecule has 0 N–H and O–H groups in total. The van der Waals surface area contributed by atoms with Gasteiger partial charge in [-0.3, -0.25) is 4.79 Å². The van der Waals surface area contributed by atoms with Crippen molar-refractivity contribution in [3.63, 3.8) is 0 Å². The zero-order chi connectivity index (χ0) is 22.8. The fourth-order valence-corrected chi connectivity index (χ4v) is 4.27. The van der Waals surface area contributed by atoms with E-state index in [2.05, 4.69) is 0 Å². The van der Waals surface area contributed by atoms with Gasteiger partial charge in [0, 0.05) is 36.9 Å². The van der Waals surface area contributed by atoms with Gasteiger partial charge >= 0.3 is 6.18 Å². The van der Waals surface area contributed by atoms with Crippen LogP contribution in [0.15, 0.2) is 42.5 Å². The SMILES string of the molecule is CCC(Cc1ccc(F)cc1)(C(=O)N1CCN(c2cc(Cl)ccc2C)CC1)C(F)(F)F. The van der Waals surface area contributed by atoms with Crippen LogP contribution in [-0.4, -0.2) is 43.2 Å². The van der Waals surface area contributed by atoms with Gasteiger partial charge in [0.05, 0.1) is 0 Å². The number of carbonyl (C=O) groups is 1. The topological polar surface area (TPSA) is 23.6 Å². The van der Waals surface area contributed by atoms with Crippen molar-refractivity contribution < 1.29 is 22.4 Å². The molecule has 0 radical (unpaired) electrons. The third-order valence-corrected chi connectivity index (χ3v) is 6.29. The predicted molar refractivity (Wildman–Crippen MR) is 114 cm³/mol. The molecule has 0 aromatic heterocycles. The number of hydrogen-bond donors (Lipinski definition) is 0. The molecule has 0 aliphatic carbocycles. The van der Waals surface area contributed by atoms with E-state index >= 15 is 0 Å². The van der Waals surface area contributed by atoms with Gasteiger partial charge in [-0.1, -0.05) is 36.7 Å². The number of halogens is 5. The lowest BCUT2D eigenvalue weighted by molar-refractivity contribution is -0.228. The fraction of sp³-hybridized carbons (Fsp3) is 0.435. The Morgan fingerprint density at radius 1 is 1.03 bits per heavy atom. The van der Waals surface area contributed by atoms with Crippen LogP contribution in [0.5, 0.6) is 0 Å². The first-order valence-corrected chi connectivity index (χ1v) is 10.6. The molecule has 1 fully saturated rings. The van der Waals surface area contributed by atoms with Crippen LogP contribution in [0.3, 0.4) is 0 Å². The third kappa shape index (κ3) is 4.81. The molecule has 0 bridgehead atoms. The number of hydrogen-bond acceptors (Lipinski definition) is 2. The van der Waals surface area contributed by atoms with Gasteiger partial charge < -0.3 is 9.80 Å². The van der Waals surface area contributed by atoms with E-state index < -0.39 is 29.7 Å². The quantitative estimate of drug-likeness (QED) is 0.544. The van der Waals surface area contributed by atoms with Gasteiger partial charge in [0.2, 0.25) is 5.91 Å². The van der Waals surface area contributed by atoms with Crippen molar-refractivity contribution in [3.05, 3.63) is 64.4 Å². The number of benzene rings is 2. The highest BCUT2D eigenvalue weighted by Crippen LogP contribution is 2.45. The van der Waals surface area contributed by atoms with Crippen molar-refractivity contribution in [1.29, 1.82) is 0 Å². The molecule has 3 rings (SSSR count). The van der Waals surface area contributed by atoms with Crippen LogP contribution in [0.4, 0.5) is 23.2 Å². The zero-order valence-electron chi connectivity index (χ0n) is 17.5. The Bertz CT molecular complexity index is 924. The van der Waals surface area contributed by atoms with E-state index in [4.69, 9.17) is 11.6 Å². The molecule has 0 spiro atoms. The molecule has 1 aliphatic rings. The van der Waals surface area contributed by atoms with Crippen LogP contribution in [0.1, 0.15) is 24.5 Å². The molecule has 8 heteroatoms. The van der Waals surface area contributed by atoms with E-state index in [1.54, 1.807) is 6.07 Å². The maximum Gasteiger partial charge on any atom is 0.403 e. The molecule has 31 heavy (non-hydrogen) atoms. The maximum absolute atomic E-state index is 14.2. The molecule has 3 nitrogen and oxygen atoms in total. The van der Waals surface area contributed by atoms with E-state index in [1.165, 1.54) is 24.0 Å². The Morgan fingerprint density at radius 2 is 1.65 bits per heavy atom. The molecule has 2 aromatic rings. The monoisotopic (exact) mass is 456 g/mol. The first-order chi connectivity index (χ1) is 14.6. The van der Waals surface area contributed by atoms with Gasteiger partial charge in [-0.15, -0.1) is 0 Å². The van der Waals surface area contributed by atoms with Crippen LogP contribution < -0.4 is 4.90 Å². The van der Waals surface area contributed by atoms with Crippen LogP contribution in [-0.2, 0) is 11.2 Å². The Balaban J connectivity index is 1.80. The first kappa shape index (κ1) is 23.4. The zero-order valence-corrected chi connectivity index (χ0v) is 18.2. The van der Waals surface area contributed by atoms with Gasteiger partial charge in [-0.25, -0.2) is 4.39 Å². The van der Waals surface area contributed by atoms with Crippen molar-refractivity contribution in [2.45, 2.75) is 32.9 Å². The molecular weight excluding hydrogens is 432 g/mol. The van der Waals surface area contributed by atoms with E-state index in [1.807, 2.05) is 24.0 Å². The van der Waals surface area contributed by atoms with E-state index in [9.17, 15) is 22.4 Å². The van der Waals surface area contributed by atoms with Crippen molar-refractivity contribution >= 4 is 23.2 Å². The number of nitrogens with zero attached hydrogens (tertiary/aromatic N) is 2. The molecule has 1 amide bonds. The van der Waals surface area contributed by atoms with Crippen LogP contribution >= 0.6 is 11.6 Å². The highest BCUT2D eigenvalue weighted by atomic mass is 35.5. The molecule has 1 unspecified atom stereocenters. The predicted octanol–water partition coefficient (Wildman–Crippen LogP) is 5.64. The van der Waals surface area contributed by atoms with Crippen molar-refractivity contribution in [1.82, 2.24) is 4.90 Å². The molecular formula is C23H25ClF4N2O. The largest absolute Gasteiger partial charge is 0.403 e. The summed E-state index contributed by atoms with van der Waals surface area (Å²) in [6.45, 7) is 4.53. The van der Waals surface area contributed by atoms with Gasteiger partial charge in [-0.2, -0.15) is 13.2 Å². The fourth-order valence-electron chi connectivity index (χ4n) is 4.10. The van der Waals surface area contributed by atoms with Crippen LogP contribution in [0, 0.1) is 18.2 Å². The Labute approximate surface area is 184 Å². The van der Waals surface area contributed by atoms with E-state index in [-0.39, 0.29) is 25.1 Å². The van der Waals surface area contributed by atoms with Crippen molar-refractivity contribution in [2.75, 3.05) is 31.1 Å². The second kappa shape index (κ2) is 9.07. The standard InChI is InChI=1S/C23H25ClF4N2O/c1-3-22(23(26,27)28,15-17-5-8-19(25)9-6-17)21(31)30-12-10-29(11-13-30)20-14-18(24)7-4-16(20)2/h4-9,14H,3,10-13,15H2,1-2H3. The van der Waals surface area contributed by atoms with Gasteiger partial charge in [0.1, 0.15) is 11.2 Å². The summed E-state index contributed by atoms with van der Waals surface area (Å²) in [5.74, 6) is -1.45. The minimum absolute atomic E-state index is 0.187. The summed E-state index contributed by atoms with van der Waals surface area (Å²) in [4.78, 5) is 16.6. The smallest absolute Gasteiger partial charge is 0.368 e. The summed E-state index contributed by atoms with van der Waals surface area (Å²) < 4.78 is 55.9. The molecule has 0 saturated carbocycles. The minimum atomic E-state index is -4.73. The number of anilines is 1. The van der Waals surface area contributed by atoms with E-state index in [0.717, 1.165) is 23.4 Å². The summed E-state index contributed by atoms with van der Waals surface area (Å²) in [6.07, 6.45) is -5.63. The highest BCUT2D eigenvalue weighted by molar-refractivity contribution is 6.30. The Morgan fingerprint density at radius 3 is 2.19 bits per heavy atom. The van der Waals surface area contributed by atoms with Crippen molar-refractivity contribution in [2.24, 2.45) is 5.41 Å². The lowest BCUT2D eigenvalue weighted by Crippen LogP contribution is -2.58. The molecule has 1 saturated heterocycles. The summed E-state index contributed by atoms with van der Waals surface area (Å²) in [5.41, 5.74) is -0.330. The van der Waals surface area contributed by atoms with Crippen molar-refractivity contribution in [3.8, 4) is 0 Å². The minimum Gasteiger partial charge on any atom is -0.368 e. The molecule has 1 heterocycles. The number of piperazine rings is 1. The lowest BCUT2D eigenvalue weighted by atomic mass is 9.76. The Kier molecular flexibility index (Phi) is 6.84. The number of aryl methyl sites for hydroxylation is 1. The maximum atomic E-state index is 14.2. The summed E-state index contributed by atoms with van der Waals surface area (Å²) in [5, 5.41) is 0.584. The second-order valence-corrected chi connectivity index (χ2v) is 8.38. The molecule has 1 aliphatic heterocycles. The summed E-state index contributed by atoms with van der Waals surface area (Å²) >= 11 is 6.09. The number of rotatable bonds is 5. The first-order valence-electron chi connectivity index (χ1n) is 10.2. The second-order valence-electron chi connectivity index (χ2n) is 7.95. The lowest BCUT2D eigenvalue weighted by Gasteiger charge is -2.42. The number of alkyl halides is 3.